The molecule has 0 amide bonds. The normalized spacial score (nSPS) is 21.1. The van der Waals surface area contributed by atoms with Crippen molar-refractivity contribution in [1.29, 1.82) is 0 Å². The van der Waals surface area contributed by atoms with Crippen molar-refractivity contribution in [3.05, 3.63) is 53.9 Å². The van der Waals surface area contributed by atoms with Crippen LogP contribution in [0.2, 0.25) is 0 Å². The van der Waals surface area contributed by atoms with Crippen LogP contribution in [-0.4, -0.2) is 38.1 Å². The number of aliphatic hydroxyl groups excluding tert-OH is 2. The lowest BCUT2D eigenvalue weighted by Gasteiger charge is -2.14. The zero-order valence-corrected chi connectivity index (χ0v) is 14.0. The summed E-state index contributed by atoms with van der Waals surface area (Å²) in [4.78, 5) is 20.8. The molecule has 3 rings (SSSR count). The van der Waals surface area contributed by atoms with Gasteiger partial charge < -0.3 is 19.9 Å². The molecule has 0 bridgehead atoms. The molecule has 2 aromatic rings. The molecule has 0 unspecified atom stereocenters. The highest BCUT2D eigenvalue weighted by Crippen LogP contribution is 2.26. The molecule has 1 saturated carbocycles. The Bertz CT molecular complexity index is 786. The van der Waals surface area contributed by atoms with Crippen LogP contribution in [-0.2, 0) is 0 Å². The van der Waals surface area contributed by atoms with E-state index in [0.29, 0.717) is 23.4 Å². The molecule has 0 spiro atoms. The fourth-order valence-corrected chi connectivity index (χ4v) is 2.92. The highest BCUT2D eigenvalue weighted by Gasteiger charge is 2.26. The van der Waals surface area contributed by atoms with Gasteiger partial charge in [-0.05, 0) is 37.8 Å². The molecule has 7 heteroatoms. The Labute approximate surface area is 145 Å². The zero-order valence-electron chi connectivity index (χ0n) is 14.0. The van der Waals surface area contributed by atoms with Crippen molar-refractivity contribution >= 4 is 11.6 Å². The molecule has 1 fully saturated rings. The van der Waals surface area contributed by atoms with Gasteiger partial charge in [0.1, 0.15) is 18.2 Å². The maximum atomic E-state index is 12.7. The van der Waals surface area contributed by atoms with Gasteiger partial charge in [0.2, 0.25) is 5.78 Å². The first-order valence-corrected chi connectivity index (χ1v) is 8.17. The molecule has 3 atom stereocenters. The van der Waals surface area contributed by atoms with Crippen molar-refractivity contribution in [1.82, 2.24) is 9.97 Å². The molecule has 0 aromatic carbocycles. The number of furan rings is 1. The van der Waals surface area contributed by atoms with Crippen molar-refractivity contribution in [2.45, 2.75) is 44.4 Å². The number of ketones is 1. The number of carbonyl (C=O) groups excluding carboxylic acids is 1. The molecule has 0 saturated heterocycles. The first-order chi connectivity index (χ1) is 12.0. The zero-order chi connectivity index (χ0) is 18.0. The lowest BCUT2D eigenvalue weighted by Crippen LogP contribution is -2.20. The molecule has 132 valence electrons. The number of nitrogens with zero attached hydrogens (tertiary/aromatic N) is 2. The van der Waals surface area contributed by atoms with Crippen LogP contribution in [0.15, 0.2) is 41.4 Å². The molecule has 1 aliphatic rings. The van der Waals surface area contributed by atoms with Gasteiger partial charge in [0.15, 0.2) is 5.76 Å². The number of hydrogen-bond acceptors (Lipinski definition) is 7. The smallest absolute Gasteiger partial charge is 0.233 e. The Morgan fingerprint density at radius 2 is 2.28 bits per heavy atom. The van der Waals surface area contributed by atoms with E-state index in [1.165, 1.54) is 24.9 Å². The largest absolute Gasteiger partial charge is 0.460 e. The van der Waals surface area contributed by atoms with Crippen molar-refractivity contribution in [3.63, 3.8) is 0 Å². The second kappa shape index (κ2) is 7.16. The van der Waals surface area contributed by atoms with Gasteiger partial charge in [-0.25, -0.2) is 9.97 Å². The molecule has 2 aromatic heterocycles. The van der Waals surface area contributed by atoms with Gasteiger partial charge in [0, 0.05) is 17.8 Å². The van der Waals surface area contributed by atoms with E-state index in [1.807, 2.05) is 0 Å². The van der Waals surface area contributed by atoms with Crippen LogP contribution < -0.4 is 5.32 Å². The fourth-order valence-electron chi connectivity index (χ4n) is 2.92. The maximum absolute atomic E-state index is 12.7. The summed E-state index contributed by atoms with van der Waals surface area (Å²) in [5.41, 5.74) is 1.32. The lowest BCUT2D eigenvalue weighted by molar-refractivity contribution is 0.101. The number of aliphatic hydroxyl groups is 2. The molecule has 1 aliphatic carbocycles. The van der Waals surface area contributed by atoms with Gasteiger partial charge in [0.05, 0.1) is 17.9 Å². The van der Waals surface area contributed by atoms with E-state index in [0.717, 1.165) is 12.8 Å². The van der Waals surface area contributed by atoms with Crippen LogP contribution in [0.25, 0.3) is 0 Å². The minimum Gasteiger partial charge on any atom is -0.460 e. The van der Waals surface area contributed by atoms with Gasteiger partial charge in [-0.2, -0.15) is 0 Å². The Balaban J connectivity index is 1.82. The SMILES string of the molecule is C=C(C)[C@H](O)c1coc(C(=O)c2cncnc2N[C@@H]2CC[C@H](O)C2)c1. The van der Waals surface area contributed by atoms with E-state index >= 15 is 0 Å². The number of carbonyl (C=O) groups is 1. The third-order valence-electron chi connectivity index (χ3n) is 4.33. The Kier molecular flexibility index (Phi) is 4.96. The second-order valence-electron chi connectivity index (χ2n) is 6.42. The molecule has 0 aliphatic heterocycles. The summed E-state index contributed by atoms with van der Waals surface area (Å²) in [7, 11) is 0. The van der Waals surface area contributed by atoms with Crippen LogP contribution in [0.1, 0.15) is 54.0 Å². The third kappa shape index (κ3) is 3.78. The number of hydrogen-bond donors (Lipinski definition) is 3. The van der Waals surface area contributed by atoms with E-state index in [-0.39, 0.29) is 29.3 Å². The highest BCUT2D eigenvalue weighted by atomic mass is 16.3. The monoisotopic (exact) mass is 343 g/mol. The van der Waals surface area contributed by atoms with E-state index in [4.69, 9.17) is 4.42 Å². The van der Waals surface area contributed by atoms with Gasteiger partial charge in [-0.15, -0.1) is 0 Å². The van der Waals surface area contributed by atoms with Crippen molar-refractivity contribution in [2.24, 2.45) is 0 Å². The number of nitrogens with one attached hydrogen (secondary N) is 1. The summed E-state index contributed by atoms with van der Waals surface area (Å²) in [6.07, 6.45) is 5.10. The molecule has 25 heavy (non-hydrogen) atoms. The standard InChI is InChI=1S/C18H21N3O4/c1-10(2)16(23)11-5-15(25-8-11)17(24)14-7-19-9-20-18(14)21-12-3-4-13(22)6-12/h5,7-9,12-13,16,22-23H,1,3-4,6H2,2H3,(H,19,20,21)/t12-,13+,16+/m1/s1. The minimum absolute atomic E-state index is 0.0637. The first-order valence-electron chi connectivity index (χ1n) is 8.17. The Morgan fingerprint density at radius 3 is 2.96 bits per heavy atom. The Hall–Kier alpha value is -2.51. The summed E-state index contributed by atoms with van der Waals surface area (Å²) in [5, 5.41) is 22.9. The average molecular weight is 343 g/mol. The van der Waals surface area contributed by atoms with Crippen molar-refractivity contribution in [2.75, 3.05) is 5.32 Å². The molecular weight excluding hydrogens is 322 g/mol. The predicted octanol–water partition coefficient (Wildman–Crippen LogP) is 2.24. The summed E-state index contributed by atoms with van der Waals surface area (Å²) < 4.78 is 5.32. The van der Waals surface area contributed by atoms with Gasteiger partial charge in [-0.1, -0.05) is 6.58 Å². The molecule has 0 radical (unpaired) electrons. The lowest BCUT2D eigenvalue weighted by atomic mass is 10.1. The van der Waals surface area contributed by atoms with Crippen molar-refractivity contribution < 1.29 is 19.4 Å². The van der Waals surface area contributed by atoms with Gasteiger partial charge in [0.25, 0.3) is 0 Å². The van der Waals surface area contributed by atoms with E-state index in [2.05, 4.69) is 21.9 Å². The fraction of sp³-hybridized carbons (Fsp3) is 0.389. The highest BCUT2D eigenvalue weighted by molar-refractivity contribution is 6.10. The predicted molar refractivity (Wildman–Crippen MR) is 91.2 cm³/mol. The average Bonchev–Trinajstić information content (AvgIpc) is 3.23. The molecule has 2 heterocycles. The van der Waals surface area contributed by atoms with Gasteiger partial charge >= 0.3 is 0 Å². The summed E-state index contributed by atoms with van der Waals surface area (Å²) in [6, 6.07) is 1.56. The third-order valence-corrected chi connectivity index (χ3v) is 4.33. The van der Waals surface area contributed by atoms with Crippen LogP contribution >= 0.6 is 0 Å². The topological polar surface area (TPSA) is 108 Å². The number of aromatic nitrogens is 2. The Morgan fingerprint density at radius 1 is 1.48 bits per heavy atom. The maximum Gasteiger partial charge on any atom is 0.233 e. The second-order valence-corrected chi connectivity index (χ2v) is 6.42. The summed E-state index contributed by atoms with van der Waals surface area (Å²) >= 11 is 0. The van der Waals surface area contributed by atoms with Crippen LogP contribution in [0.5, 0.6) is 0 Å². The quantitative estimate of drug-likeness (QED) is 0.545. The molecule has 3 N–H and O–H groups in total. The molecule has 7 nitrogen and oxygen atoms in total. The molecular formula is C18H21N3O4. The first kappa shape index (κ1) is 17.3. The van der Waals surface area contributed by atoms with Crippen LogP contribution in [0.4, 0.5) is 5.82 Å². The van der Waals surface area contributed by atoms with E-state index < -0.39 is 6.10 Å². The van der Waals surface area contributed by atoms with E-state index in [1.54, 1.807) is 6.92 Å². The van der Waals surface area contributed by atoms with E-state index in [9.17, 15) is 15.0 Å². The number of rotatable bonds is 6. The number of anilines is 1. The van der Waals surface area contributed by atoms with Crippen molar-refractivity contribution in [3.8, 4) is 0 Å². The van der Waals surface area contributed by atoms with Crippen LogP contribution in [0, 0.1) is 0 Å². The summed E-state index contributed by atoms with van der Waals surface area (Å²) in [5.74, 6) is 0.138. The van der Waals surface area contributed by atoms with Crippen LogP contribution in [0.3, 0.4) is 0 Å². The minimum atomic E-state index is -0.880. The van der Waals surface area contributed by atoms with Gasteiger partial charge in [-0.3, -0.25) is 4.79 Å². The summed E-state index contributed by atoms with van der Waals surface area (Å²) in [6.45, 7) is 5.39.